The number of phenolic OH excluding ortho intramolecular Hbond substituents is 3. The number of allylic oxidation sites excluding steroid dienone is 1. The number of hydrogen-bond donors (Lipinski definition) is 10. The molecule has 4 saturated carbocycles. The van der Waals surface area contributed by atoms with Gasteiger partial charge in [-0.1, -0.05) is 53.2 Å². The number of aliphatic hydroxyl groups is 7. The van der Waals surface area contributed by atoms with E-state index in [2.05, 4.69) is 26.8 Å². The van der Waals surface area contributed by atoms with Crippen LogP contribution in [-0.2, 0) is 19.0 Å². The Balaban J connectivity index is 1.22. The molecule has 0 radical (unpaired) electrons. The summed E-state index contributed by atoms with van der Waals surface area (Å²) in [5, 5.41) is 107. The Kier molecular flexibility index (Phi) is 10.6. The molecule has 324 valence electrons. The van der Waals surface area contributed by atoms with Crippen molar-refractivity contribution >= 4 is 11.9 Å². The van der Waals surface area contributed by atoms with Gasteiger partial charge in [0.05, 0.1) is 36.4 Å². The fourth-order valence-electron chi connectivity index (χ4n) is 13.2. The van der Waals surface area contributed by atoms with Crippen LogP contribution in [0.1, 0.15) is 103 Å². The summed E-state index contributed by atoms with van der Waals surface area (Å²) in [6.45, 7) is 11.3. The molecule has 10 N–H and O–H groups in total. The molecule has 1 aromatic rings. The molecule has 7 rings (SSSR count). The number of aliphatic hydroxyl groups excluding tert-OH is 7. The monoisotopic (exact) mass is 818 g/mol. The molecule has 1 heterocycles. The van der Waals surface area contributed by atoms with Crippen LogP contribution >= 0.6 is 0 Å². The zero-order valence-electron chi connectivity index (χ0n) is 34.2. The van der Waals surface area contributed by atoms with Crippen LogP contribution in [0.15, 0.2) is 23.8 Å². The lowest BCUT2D eigenvalue weighted by molar-refractivity contribution is -0.298. The third-order valence-electron chi connectivity index (χ3n) is 16.9. The van der Waals surface area contributed by atoms with E-state index in [1.807, 2.05) is 20.8 Å². The minimum absolute atomic E-state index is 0.0435. The van der Waals surface area contributed by atoms with Crippen LogP contribution < -0.4 is 0 Å². The Bertz CT molecular complexity index is 1810. The highest BCUT2D eigenvalue weighted by molar-refractivity contribution is 5.91. The van der Waals surface area contributed by atoms with E-state index in [1.165, 1.54) is 0 Å². The minimum Gasteiger partial charge on any atom is -0.504 e. The predicted molar refractivity (Wildman–Crippen MR) is 204 cm³/mol. The maximum atomic E-state index is 14.6. The first kappa shape index (κ1) is 43.1. The summed E-state index contributed by atoms with van der Waals surface area (Å²) in [6, 6.07) is 1.92. The van der Waals surface area contributed by atoms with E-state index in [1.54, 1.807) is 0 Å². The molecule has 5 fully saturated rings. The molecular formula is C43H62O15. The summed E-state index contributed by atoms with van der Waals surface area (Å²) in [5.74, 6) is -4.78. The van der Waals surface area contributed by atoms with Crippen molar-refractivity contribution < 1.29 is 74.9 Å². The Morgan fingerprint density at radius 2 is 1.45 bits per heavy atom. The molecule has 0 spiro atoms. The van der Waals surface area contributed by atoms with Gasteiger partial charge in [-0.25, -0.2) is 4.79 Å². The highest BCUT2D eigenvalue weighted by atomic mass is 16.7. The van der Waals surface area contributed by atoms with Crippen LogP contribution in [0.3, 0.4) is 0 Å². The Morgan fingerprint density at radius 3 is 2.07 bits per heavy atom. The summed E-state index contributed by atoms with van der Waals surface area (Å²) in [5.41, 5.74) is -3.69. The number of rotatable bonds is 6. The van der Waals surface area contributed by atoms with Crippen molar-refractivity contribution in [3.63, 3.8) is 0 Å². The number of benzene rings is 1. The Hall–Kier alpha value is -3.02. The standard InChI is InChI=1S/C43H62O15/c1-38(2)11-13-43(37(55)58-36-32(52)31(51)30(50)25(18-44)56-36)14-12-41(5)21(28(43)33(38)53)7-8-27-39(3)17-24(48)34(40(4,19-45)26(39)9-10-42(27,41)6)57-35(54)20-15-22(46)29(49)23(47)16-20/h7,15-16,24-28,30-34,36,44-53H,8-14,17-19H2,1-6H3/t24-,25-,26-,27-,28-,30-,31+,32-,33+,34+,36+,39+,40-,41-,42-,43+/m1/s1. The average Bonchev–Trinajstić information content (AvgIpc) is 3.16. The number of fused-ring (bicyclic) bond motifs is 7. The molecule has 0 aromatic heterocycles. The van der Waals surface area contributed by atoms with Gasteiger partial charge < -0.3 is 65.3 Å². The number of carbonyl (C=O) groups excluding carboxylic acids is 2. The van der Waals surface area contributed by atoms with Crippen molar-refractivity contribution in [2.24, 2.45) is 50.2 Å². The van der Waals surface area contributed by atoms with Gasteiger partial charge >= 0.3 is 11.9 Å². The van der Waals surface area contributed by atoms with Crippen molar-refractivity contribution in [2.45, 2.75) is 142 Å². The molecule has 0 amide bonds. The molecule has 5 aliphatic carbocycles. The van der Waals surface area contributed by atoms with E-state index >= 15 is 0 Å². The second-order valence-electron chi connectivity index (χ2n) is 20.1. The lowest BCUT2D eigenvalue weighted by Crippen LogP contribution is -2.69. The third-order valence-corrected chi connectivity index (χ3v) is 16.9. The van der Waals surface area contributed by atoms with Gasteiger partial charge in [0.1, 0.15) is 30.5 Å². The number of phenols is 3. The number of carbonyl (C=O) groups is 2. The van der Waals surface area contributed by atoms with Gasteiger partial charge in [0, 0.05) is 11.3 Å². The van der Waals surface area contributed by atoms with Crippen LogP contribution in [0.4, 0.5) is 0 Å². The van der Waals surface area contributed by atoms with Crippen LogP contribution in [0, 0.1) is 50.2 Å². The van der Waals surface area contributed by atoms with Crippen molar-refractivity contribution in [1.29, 1.82) is 0 Å². The third kappa shape index (κ3) is 5.96. The van der Waals surface area contributed by atoms with Crippen LogP contribution in [0.5, 0.6) is 17.2 Å². The first-order valence-electron chi connectivity index (χ1n) is 20.6. The zero-order valence-corrected chi connectivity index (χ0v) is 34.2. The second kappa shape index (κ2) is 14.3. The number of esters is 2. The van der Waals surface area contributed by atoms with E-state index in [9.17, 15) is 60.7 Å². The quantitative estimate of drug-likeness (QED) is 0.112. The summed E-state index contributed by atoms with van der Waals surface area (Å²) >= 11 is 0. The molecule has 0 unspecified atom stereocenters. The van der Waals surface area contributed by atoms with Crippen molar-refractivity contribution in [1.82, 2.24) is 0 Å². The normalized spacial score (nSPS) is 47.0. The average molecular weight is 819 g/mol. The highest BCUT2D eigenvalue weighted by Gasteiger charge is 2.72. The largest absolute Gasteiger partial charge is 0.504 e. The van der Waals surface area contributed by atoms with Gasteiger partial charge in [0.15, 0.2) is 17.2 Å². The molecule has 6 aliphatic rings. The van der Waals surface area contributed by atoms with Crippen molar-refractivity contribution in [3.8, 4) is 17.2 Å². The number of ether oxygens (including phenoxy) is 3. The molecule has 1 saturated heterocycles. The van der Waals surface area contributed by atoms with E-state index in [0.717, 1.165) is 17.7 Å². The van der Waals surface area contributed by atoms with Crippen molar-refractivity contribution in [3.05, 3.63) is 29.3 Å². The Labute approximate surface area is 338 Å². The summed E-state index contributed by atoms with van der Waals surface area (Å²) in [6.07, 6.45) is -5.31. The SMILES string of the molecule is CC1(C)CC[C@]2(C(=O)O[C@@H]3O[C@H](CO)[C@@H](O)[C@H](O)[C@H]3O)CC[C@]3(C)C(=CC[C@@H]4[C@@]5(C)C[C@@H](O)[C@H](OC(=O)c6cc(O)c(O)c(O)c6)[C@](C)(CO)[C@@H]5CC[C@]43C)[C@@H]2[C@@H]1O. The molecule has 15 heteroatoms. The number of hydrogen-bond acceptors (Lipinski definition) is 15. The summed E-state index contributed by atoms with van der Waals surface area (Å²) < 4.78 is 17.4. The van der Waals surface area contributed by atoms with Gasteiger partial charge in [-0.15, -0.1) is 0 Å². The summed E-state index contributed by atoms with van der Waals surface area (Å²) in [4.78, 5) is 28.0. The first-order valence-corrected chi connectivity index (χ1v) is 20.6. The van der Waals surface area contributed by atoms with E-state index in [-0.39, 0.29) is 23.8 Å². The van der Waals surface area contributed by atoms with E-state index in [0.29, 0.717) is 44.9 Å². The first-order chi connectivity index (χ1) is 27.0. The molecule has 1 aliphatic heterocycles. The maximum Gasteiger partial charge on any atom is 0.338 e. The van der Waals surface area contributed by atoms with Crippen LogP contribution in [0.25, 0.3) is 0 Å². The predicted octanol–water partition coefficient (Wildman–Crippen LogP) is 2.39. The minimum atomic E-state index is -1.77. The van der Waals surface area contributed by atoms with E-state index in [4.69, 9.17) is 14.2 Å². The van der Waals surface area contributed by atoms with E-state index < -0.39 is 130 Å². The lowest BCUT2D eigenvalue weighted by Gasteiger charge is -2.72. The van der Waals surface area contributed by atoms with Gasteiger partial charge in [-0.3, -0.25) is 4.79 Å². The molecular weight excluding hydrogens is 756 g/mol. The van der Waals surface area contributed by atoms with Crippen LogP contribution in [-0.4, -0.2) is 125 Å². The highest BCUT2D eigenvalue weighted by Crippen LogP contribution is 2.76. The van der Waals surface area contributed by atoms with Gasteiger partial charge in [-0.2, -0.15) is 0 Å². The van der Waals surface area contributed by atoms with Crippen molar-refractivity contribution in [2.75, 3.05) is 13.2 Å². The van der Waals surface area contributed by atoms with Crippen LogP contribution in [0.2, 0.25) is 0 Å². The fraction of sp³-hybridized carbons (Fsp3) is 0.767. The number of aromatic hydroxyl groups is 3. The maximum absolute atomic E-state index is 14.6. The Morgan fingerprint density at radius 1 is 0.810 bits per heavy atom. The molecule has 15 nitrogen and oxygen atoms in total. The van der Waals surface area contributed by atoms with Gasteiger partial charge in [-0.05, 0) is 97.0 Å². The molecule has 0 bridgehead atoms. The van der Waals surface area contributed by atoms with Gasteiger partial charge in [0.25, 0.3) is 0 Å². The lowest BCUT2D eigenvalue weighted by atomic mass is 9.33. The smallest absolute Gasteiger partial charge is 0.338 e. The molecule has 1 aromatic carbocycles. The fourth-order valence-corrected chi connectivity index (χ4v) is 13.2. The molecule has 58 heavy (non-hydrogen) atoms. The zero-order chi connectivity index (χ0) is 42.7. The molecule has 16 atom stereocenters. The topological polar surface area (TPSA) is 264 Å². The summed E-state index contributed by atoms with van der Waals surface area (Å²) in [7, 11) is 0. The van der Waals surface area contributed by atoms with Gasteiger partial charge in [0.2, 0.25) is 6.29 Å². The second-order valence-corrected chi connectivity index (χ2v) is 20.1.